The van der Waals surface area contributed by atoms with Gasteiger partial charge in [0.05, 0.1) is 0 Å². The van der Waals surface area contributed by atoms with Crippen molar-refractivity contribution in [3.8, 4) is 0 Å². The second-order valence-electron chi connectivity index (χ2n) is 7.06. The summed E-state index contributed by atoms with van der Waals surface area (Å²) in [5.41, 5.74) is 0.105. The maximum atomic E-state index is 11.1. The highest BCUT2D eigenvalue weighted by Crippen LogP contribution is 2.57. The van der Waals surface area contributed by atoms with E-state index in [0.717, 1.165) is 42.4 Å². The number of hydrogen-bond acceptors (Lipinski definition) is 3. The lowest BCUT2D eigenvalue weighted by molar-refractivity contribution is -0.0398. The Morgan fingerprint density at radius 2 is 1.85 bits per heavy atom. The number of hydrogen-bond donors (Lipinski definition) is 1. The van der Waals surface area contributed by atoms with Crippen molar-refractivity contribution in [3.63, 3.8) is 0 Å². The number of carbonyl (C=O) groups is 1. The molecule has 4 saturated carbocycles. The predicted molar refractivity (Wildman–Crippen MR) is 72.3 cm³/mol. The fourth-order valence-corrected chi connectivity index (χ4v) is 5.43. The first kappa shape index (κ1) is 12.4. The summed E-state index contributed by atoms with van der Waals surface area (Å²) in [6.07, 6.45) is 10.2. The van der Waals surface area contributed by atoms with Crippen molar-refractivity contribution >= 4 is 5.97 Å². The Balaban J connectivity index is 1.45. The minimum atomic E-state index is -0.973. The third-order valence-electron chi connectivity index (χ3n) is 5.97. The van der Waals surface area contributed by atoms with Crippen LogP contribution >= 0.6 is 0 Å². The molecule has 0 spiro atoms. The van der Waals surface area contributed by atoms with Gasteiger partial charge in [-0.05, 0) is 68.1 Å². The molecule has 0 atom stereocenters. The molecule has 1 heterocycles. The summed E-state index contributed by atoms with van der Waals surface area (Å²) in [5, 5.41) is 9.07. The second kappa shape index (κ2) is 4.61. The fraction of sp³-hybridized carbons (Fsp3) is 0.750. The van der Waals surface area contributed by atoms with Gasteiger partial charge < -0.3 is 9.52 Å². The normalized spacial score (nSPS) is 38.3. The quantitative estimate of drug-likeness (QED) is 0.915. The molecule has 1 aromatic heterocycles. The van der Waals surface area contributed by atoms with Crippen LogP contribution in [0.5, 0.6) is 0 Å². The lowest BCUT2D eigenvalue weighted by Gasteiger charge is -2.54. The smallest absolute Gasteiger partial charge is 0.358 e. The highest BCUT2D eigenvalue weighted by molar-refractivity contribution is 5.86. The molecule has 5 rings (SSSR count). The number of rotatable bonds is 4. The number of carboxylic acid groups (broad SMARTS) is 1. The second-order valence-corrected chi connectivity index (χ2v) is 7.06. The van der Waals surface area contributed by atoms with Crippen LogP contribution in [0, 0.1) is 29.6 Å². The topological polar surface area (TPSA) is 63.3 Å². The van der Waals surface area contributed by atoms with Crippen LogP contribution in [-0.2, 0) is 6.42 Å². The predicted octanol–water partition coefficient (Wildman–Crippen LogP) is 3.38. The van der Waals surface area contributed by atoms with Gasteiger partial charge in [-0.1, -0.05) is 0 Å². The molecule has 4 fully saturated rings. The minimum absolute atomic E-state index is 0.105. The van der Waals surface area contributed by atoms with Crippen LogP contribution in [0.1, 0.15) is 54.8 Å². The van der Waals surface area contributed by atoms with Crippen molar-refractivity contribution in [1.29, 1.82) is 0 Å². The van der Waals surface area contributed by atoms with E-state index in [9.17, 15) is 4.79 Å². The lowest BCUT2D eigenvalue weighted by atomic mass is 9.51. The Hall–Kier alpha value is -1.32. The third-order valence-corrected chi connectivity index (χ3v) is 5.97. The van der Waals surface area contributed by atoms with Gasteiger partial charge in [0.2, 0.25) is 0 Å². The van der Waals surface area contributed by atoms with Crippen molar-refractivity contribution in [2.75, 3.05) is 0 Å². The van der Waals surface area contributed by atoms with Gasteiger partial charge in [0.25, 0.3) is 0 Å². The van der Waals surface area contributed by atoms with Gasteiger partial charge in [0.15, 0.2) is 12.1 Å². The average molecular weight is 275 g/mol. The van der Waals surface area contributed by atoms with Gasteiger partial charge in [-0.15, -0.1) is 0 Å². The molecule has 4 bridgehead atoms. The highest BCUT2D eigenvalue weighted by Gasteiger charge is 2.47. The summed E-state index contributed by atoms with van der Waals surface area (Å²) in [4.78, 5) is 14.9. The van der Waals surface area contributed by atoms with E-state index in [-0.39, 0.29) is 5.69 Å². The van der Waals surface area contributed by atoms with Crippen molar-refractivity contribution in [1.82, 2.24) is 4.98 Å². The molecule has 4 aliphatic rings. The zero-order valence-corrected chi connectivity index (χ0v) is 11.6. The summed E-state index contributed by atoms with van der Waals surface area (Å²) in [5.74, 6) is 4.15. The average Bonchev–Trinajstić information content (AvgIpc) is 2.85. The van der Waals surface area contributed by atoms with Crippen molar-refractivity contribution in [2.45, 2.75) is 44.9 Å². The van der Waals surface area contributed by atoms with E-state index >= 15 is 0 Å². The molecular formula is C16H21NO3. The number of carboxylic acids is 1. The summed E-state index contributed by atoms with van der Waals surface area (Å²) in [6, 6.07) is 0. The van der Waals surface area contributed by atoms with Crippen LogP contribution in [0.15, 0.2) is 10.8 Å². The Morgan fingerprint density at radius 3 is 2.45 bits per heavy atom. The van der Waals surface area contributed by atoms with Gasteiger partial charge in [-0.25, -0.2) is 9.78 Å². The fourth-order valence-electron chi connectivity index (χ4n) is 5.43. The van der Waals surface area contributed by atoms with E-state index in [2.05, 4.69) is 4.98 Å². The van der Waals surface area contributed by atoms with E-state index in [4.69, 9.17) is 9.52 Å². The van der Waals surface area contributed by atoms with Crippen LogP contribution < -0.4 is 0 Å². The standard InChI is InChI=1S/C16H21NO3/c18-16(19)15-14(20-8-17-15)2-1-13-11-4-9-3-10(6-11)7-12(13)5-9/h8-13H,1-7H2,(H,18,19). The Morgan fingerprint density at radius 1 is 1.20 bits per heavy atom. The number of aryl methyl sites for hydroxylation is 1. The SMILES string of the molecule is O=C(O)c1ncoc1CCC1C2CC3CC(C2)CC1C3. The summed E-state index contributed by atoms with van der Waals surface area (Å²) < 4.78 is 5.28. The number of nitrogens with zero attached hydrogens (tertiary/aromatic N) is 1. The van der Waals surface area contributed by atoms with E-state index < -0.39 is 5.97 Å². The molecule has 4 nitrogen and oxygen atoms in total. The van der Waals surface area contributed by atoms with Gasteiger partial charge in [-0.3, -0.25) is 0 Å². The largest absolute Gasteiger partial charge is 0.476 e. The van der Waals surface area contributed by atoms with E-state index in [1.807, 2.05) is 0 Å². The number of oxazole rings is 1. The summed E-state index contributed by atoms with van der Waals surface area (Å²) in [7, 11) is 0. The van der Waals surface area contributed by atoms with E-state index in [1.165, 1.54) is 38.5 Å². The first-order valence-electron chi connectivity index (χ1n) is 7.86. The molecule has 0 radical (unpaired) electrons. The molecule has 0 aliphatic heterocycles. The van der Waals surface area contributed by atoms with Crippen LogP contribution in [0.2, 0.25) is 0 Å². The molecule has 4 heteroatoms. The summed E-state index contributed by atoms with van der Waals surface area (Å²) >= 11 is 0. The van der Waals surface area contributed by atoms with Gasteiger partial charge in [0, 0.05) is 6.42 Å². The minimum Gasteiger partial charge on any atom is -0.476 e. The molecule has 4 aliphatic carbocycles. The molecule has 1 aromatic rings. The molecule has 0 saturated heterocycles. The lowest BCUT2D eigenvalue weighted by Crippen LogP contribution is -2.45. The highest BCUT2D eigenvalue weighted by atomic mass is 16.4. The Bertz CT molecular complexity index is 494. The van der Waals surface area contributed by atoms with E-state index in [0.29, 0.717) is 5.76 Å². The molecule has 0 amide bonds. The third kappa shape index (κ3) is 1.97. The number of aromatic nitrogens is 1. The molecule has 108 valence electrons. The molecular weight excluding hydrogens is 254 g/mol. The number of aromatic carboxylic acids is 1. The molecule has 20 heavy (non-hydrogen) atoms. The molecule has 1 N–H and O–H groups in total. The van der Waals surface area contributed by atoms with E-state index in [1.54, 1.807) is 0 Å². The molecule has 0 aromatic carbocycles. The first-order valence-corrected chi connectivity index (χ1v) is 7.86. The van der Waals surface area contributed by atoms with Crippen molar-refractivity contribution in [3.05, 3.63) is 17.8 Å². The molecule has 0 unspecified atom stereocenters. The monoisotopic (exact) mass is 275 g/mol. The van der Waals surface area contributed by atoms with Crippen molar-refractivity contribution in [2.24, 2.45) is 29.6 Å². The first-order chi connectivity index (χ1) is 9.70. The van der Waals surface area contributed by atoms with Gasteiger partial charge in [0.1, 0.15) is 5.76 Å². The zero-order chi connectivity index (χ0) is 13.7. The van der Waals surface area contributed by atoms with Gasteiger partial charge in [-0.2, -0.15) is 0 Å². The zero-order valence-electron chi connectivity index (χ0n) is 11.6. The maximum absolute atomic E-state index is 11.1. The van der Waals surface area contributed by atoms with Crippen LogP contribution in [0.25, 0.3) is 0 Å². The van der Waals surface area contributed by atoms with Gasteiger partial charge >= 0.3 is 5.97 Å². The maximum Gasteiger partial charge on any atom is 0.358 e. The Labute approximate surface area is 118 Å². The van der Waals surface area contributed by atoms with Crippen LogP contribution in [0.3, 0.4) is 0 Å². The van der Waals surface area contributed by atoms with Crippen LogP contribution in [0.4, 0.5) is 0 Å². The summed E-state index contributed by atoms with van der Waals surface area (Å²) in [6.45, 7) is 0. The Kier molecular flexibility index (Phi) is 2.86. The van der Waals surface area contributed by atoms with Crippen LogP contribution in [-0.4, -0.2) is 16.1 Å². The van der Waals surface area contributed by atoms with Crippen molar-refractivity contribution < 1.29 is 14.3 Å².